The zero-order chi connectivity index (χ0) is 28.4. The minimum atomic E-state index is -4.34. The number of rotatable bonds is 11. The molecule has 6 unspecified atom stereocenters. The largest absolute Gasteiger partial charge is 0.748 e. The van der Waals surface area contributed by atoms with E-state index in [1.165, 1.54) is 0 Å². The Bertz CT molecular complexity index is 1210. The standard InChI is InChI=1S/C25H38F2N2O6S4/c1-2-17(13-24-28(9-3-11-38(30,31)32)20-15-18(26)5-7-22(20)36-24)14-25-29(10-4-12-39(33,34)35)21-16-19(27)6-8-23(21)37-25/h13-14,18-23H,2-12,15-16H2,1H3,(H-,30,31,32,33,34,35)/p-1. The molecule has 0 amide bonds. The summed E-state index contributed by atoms with van der Waals surface area (Å²) in [5.41, 5.74) is 0.994. The fraction of sp³-hybridized carbons (Fsp3) is 0.800. The first kappa shape index (κ1) is 31.3. The second kappa shape index (κ2) is 13.1. The smallest absolute Gasteiger partial charge is 0.235 e. The number of allylic oxidation sites excluding steroid dienone is 2. The molecular weight excluding hydrogens is 591 g/mol. The highest BCUT2D eigenvalue weighted by molar-refractivity contribution is 8.14. The quantitative estimate of drug-likeness (QED) is 0.249. The molecule has 8 nitrogen and oxygen atoms in total. The topological polar surface area (TPSA) is 121 Å². The van der Waals surface area contributed by atoms with Gasteiger partial charge in [0.2, 0.25) is 5.04 Å². The van der Waals surface area contributed by atoms with Crippen molar-refractivity contribution in [1.29, 1.82) is 0 Å². The van der Waals surface area contributed by atoms with E-state index in [2.05, 4.69) is 21.6 Å². The highest BCUT2D eigenvalue weighted by Gasteiger charge is 2.46. The van der Waals surface area contributed by atoms with Crippen LogP contribution in [0.4, 0.5) is 8.78 Å². The van der Waals surface area contributed by atoms with Gasteiger partial charge in [0.1, 0.15) is 18.9 Å². The summed E-state index contributed by atoms with van der Waals surface area (Å²) in [4.78, 5) is 2.06. The Kier molecular flexibility index (Phi) is 10.5. The highest BCUT2D eigenvalue weighted by atomic mass is 32.2. The third-order valence-corrected chi connectivity index (χ3v) is 12.4. The van der Waals surface area contributed by atoms with Gasteiger partial charge in [-0.15, -0.1) is 11.8 Å². The van der Waals surface area contributed by atoms with Crippen molar-refractivity contribution in [3.8, 4) is 0 Å². The lowest BCUT2D eigenvalue weighted by atomic mass is 9.92. The van der Waals surface area contributed by atoms with Crippen LogP contribution in [0.1, 0.15) is 64.7 Å². The van der Waals surface area contributed by atoms with Crippen molar-refractivity contribution in [1.82, 2.24) is 4.90 Å². The second-order valence-corrected chi connectivity index (χ2v) is 16.3. The zero-order valence-corrected chi connectivity index (χ0v) is 25.3. The van der Waals surface area contributed by atoms with Crippen LogP contribution in [0.25, 0.3) is 0 Å². The Labute approximate surface area is 239 Å². The number of alkyl halides is 2. The predicted octanol–water partition coefficient (Wildman–Crippen LogP) is 3.76. The van der Waals surface area contributed by atoms with Gasteiger partial charge in [-0.05, 0) is 68.4 Å². The average molecular weight is 628 g/mol. The Hall–Kier alpha value is -0.670. The molecule has 2 aliphatic carbocycles. The fourth-order valence-corrected chi connectivity index (χ4v) is 10.1. The molecule has 0 aromatic rings. The van der Waals surface area contributed by atoms with Crippen LogP contribution in [-0.2, 0) is 20.2 Å². The minimum absolute atomic E-state index is 0.0548. The van der Waals surface area contributed by atoms with E-state index in [1.807, 2.05) is 6.92 Å². The highest BCUT2D eigenvalue weighted by Crippen LogP contribution is 2.47. The van der Waals surface area contributed by atoms with Crippen molar-refractivity contribution in [2.45, 2.75) is 99.6 Å². The van der Waals surface area contributed by atoms with Crippen LogP contribution in [0.3, 0.4) is 0 Å². The van der Waals surface area contributed by atoms with Crippen LogP contribution in [0, 0.1) is 0 Å². The maximum absolute atomic E-state index is 14.3. The molecule has 0 N–H and O–H groups in total. The Morgan fingerprint density at radius 1 is 0.974 bits per heavy atom. The van der Waals surface area contributed by atoms with Crippen molar-refractivity contribution in [3.63, 3.8) is 0 Å². The van der Waals surface area contributed by atoms with Gasteiger partial charge in [-0.1, -0.05) is 6.92 Å². The van der Waals surface area contributed by atoms with Gasteiger partial charge in [-0.3, -0.25) is 0 Å². The maximum atomic E-state index is 14.3. The molecule has 2 aliphatic heterocycles. The number of thioether (sulfide) groups is 2. The number of fused-ring (bicyclic) bond motifs is 2. The number of hydrogen-bond acceptors (Lipinski definition) is 9. The SMILES string of the molecule is CCC(/C=C1\SC2CCC(F)CC2N1CCCS(=O)(=O)[O-])=C\C1=[N+](CCCS(=O)(=O)[O-])C2CC(F)CCC2S1. The summed E-state index contributed by atoms with van der Waals surface area (Å²) in [6.07, 6.45) is 6.54. The van der Waals surface area contributed by atoms with Crippen LogP contribution in [0.5, 0.6) is 0 Å². The molecule has 6 atom stereocenters. The predicted molar refractivity (Wildman–Crippen MR) is 149 cm³/mol. The van der Waals surface area contributed by atoms with Crippen LogP contribution in [0.15, 0.2) is 22.8 Å². The summed E-state index contributed by atoms with van der Waals surface area (Å²) < 4.78 is 97.8. The first-order valence-electron chi connectivity index (χ1n) is 13.6. The first-order chi connectivity index (χ1) is 18.3. The van der Waals surface area contributed by atoms with Gasteiger partial charge in [0.15, 0.2) is 6.04 Å². The van der Waals surface area contributed by atoms with E-state index < -0.39 is 44.1 Å². The molecule has 4 rings (SSSR count). The minimum Gasteiger partial charge on any atom is -0.748 e. The Morgan fingerprint density at radius 3 is 2.28 bits per heavy atom. The lowest BCUT2D eigenvalue weighted by Gasteiger charge is -2.33. The summed E-state index contributed by atoms with van der Waals surface area (Å²) >= 11 is 3.35. The van der Waals surface area contributed by atoms with Crippen molar-refractivity contribution in [2.24, 2.45) is 0 Å². The first-order valence-corrected chi connectivity index (χ1v) is 18.6. The summed E-state index contributed by atoms with van der Waals surface area (Å²) in [6, 6.07) is -0.110. The van der Waals surface area contributed by atoms with Crippen molar-refractivity contribution >= 4 is 48.8 Å². The van der Waals surface area contributed by atoms with Gasteiger partial charge in [-0.2, -0.15) is 0 Å². The van der Waals surface area contributed by atoms with Gasteiger partial charge in [0, 0.05) is 48.3 Å². The van der Waals surface area contributed by atoms with E-state index in [9.17, 15) is 34.7 Å². The summed E-state index contributed by atoms with van der Waals surface area (Å²) in [6.45, 7) is 2.73. The molecule has 39 heavy (non-hydrogen) atoms. The molecule has 0 bridgehead atoms. The van der Waals surface area contributed by atoms with Gasteiger partial charge in [-0.25, -0.2) is 30.2 Å². The Balaban J connectivity index is 1.61. The van der Waals surface area contributed by atoms with Gasteiger partial charge < -0.3 is 14.0 Å². The molecule has 0 spiro atoms. The molecule has 222 valence electrons. The molecule has 2 saturated carbocycles. The van der Waals surface area contributed by atoms with E-state index >= 15 is 0 Å². The molecule has 14 heteroatoms. The fourth-order valence-electron chi connectivity index (χ4n) is 6.01. The summed E-state index contributed by atoms with van der Waals surface area (Å²) in [5, 5.41) is 2.27. The molecule has 2 heterocycles. The molecule has 0 aromatic heterocycles. The average Bonchev–Trinajstić information content (AvgIpc) is 3.34. The van der Waals surface area contributed by atoms with E-state index in [-0.39, 0.29) is 35.4 Å². The van der Waals surface area contributed by atoms with E-state index in [0.717, 1.165) is 28.5 Å². The summed E-state index contributed by atoms with van der Waals surface area (Å²) in [7, 11) is -8.68. The molecule has 3 fully saturated rings. The number of nitrogens with zero attached hydrogens (tertiary/aromatic N) is 2. The monoisotopic (exact) mass is 627 g/mol. The van der Waals surface area contributed by atoms with Crippen molar-refractivity contribution < 1.29 is 39.3 Å². The van der Waals surface area contributed by atoms with Crippen LogP contribution in [0.2, 0.25) is 0 Å². The van der Waals surface area contributed by atoms with Crippen molar-refractivity contribution in [2.75, 3.05) is 24.6 Å². The van der Waals surface area contributed by atoms with Crippen LogP contribution >= 0.6 is 23.5 Å². The molecule has 0 aromatic carbocycles. The second-order valence-electron chi connectivity index (χ2n) is 10.8. The number of hydrogen-bond donors (Lipinski definition) is 0. The van der Waals surface area contributed by atoms with Crippen molar-refractivity contribution in [3.05, 3.63) is 22.8 Å². The molecule has 4 aliphatic rings. The third-order valence-electron chi connectivity index (χ3n) is 7.91. The molecule has 1 saturated heterocycles. The number of halogens is 2. The van der Waals surface area contributed by atoms with Gasteiger partial charge in [0.25, 0.3) is 0 Å². The van der Waals surface area contributed by atoms with Gasteiger partial charge in [0.05, 0.1) is 30.5 Å². The van der Waals surface area contributed by atoms with E-state index in [4.69, 9.17) is 0 Å². The lowest BCUT2D eigenvalue weighted by Crippen LogP contribution is -2.40. The molecular formula is C25H37F2N2O6S4-. The normalized spacial score (nSPS) is 33.1. The summed E-state index contributed by atoms with van der Waals surface area (Å²) in [5.74, 6) is -0.926. The zero-order valence-electron chi connectivity index (χ0n) is 22.0. The van der Waals surface area contributed by atoms with Crippen LogP contribution < -0.4 is 0 Å². The van der Waals surface area contributed by atoms with Gasteiger partial charge >= 0.3 is 0 Å². The molecule has 0 radical (unpaired) electrons. The Morgan fingerprint density at radius 2 is 1.62 bits per heavy atom. The maximum Gasteiger partial charge on any atom is 0.235 e. The van der Waals surface area contributed by atoms with Crippen LogP contribution in [-0.4, -0.2) is 100.0 Å². The third kappa shape index (κ3) is 8.67. The van der Waals surface area contributed by atoms with E-state index in [0.29, 0.717) is 45.2 Å². The lowest BCUT2D eigenvalue weighted by molar-refractivity contribution is -0.562. The van der Waals surface area contributed by atoms with E-state index in [1.54, 1.807) is 23.5 Å².